The minimum Gasteiger partial charge on any atom is -0.463 e. The largest absolute Gasteiger partial charge is 0.463 e. The van der Waals surface area contributed by atoms with E-state index in [1.54, 1.807) is 37.8 Å². The molecule has 158 valence electrons. The number of halogens is 1. The number of piperidine rings is 1. The Balaban J connectivity index is 1.91. The van der Waals surface area contributed by atoms with Gasteiger partial charge in [-0.1, -0.05) is 24.3 Å². The monoisotopic (exact) mass is 405 g/mol. The molecular weight excluding hydrogens is 377 g/mol. The Labute approximate surface area is 170 Å². The highest BCUT2D eigenvalue weighted by atomic mass is 19.1. The fourth-order valence-electron chi connectivity index (χ4n) is 4.53. The number of carbonyl (C=O) groups is 3. The first-order valence-electron chi connectivity index (χ1n) is 10.0. The van der Waals surface area contributed by atoms with E-state index in [-0.39, 0.29) is 24.6 Å². The van der Waals surface area contributed by atoms with E-state index in [2.05, 4.69) is 0 Å². The van der Waals surface area contributed by atoms with Gasteiger partial charge in [-0.05, 0) is 45.6 Å². The molecule has 29 heavy (non-hydrogen) atoms. The molecule has 2 heterocycles. The van der Waals surface area contributed by atoms with E-state index in [0.29, 0.717) is 18.4 Å². The summed E-state index contributed by atoms with van der Waals surface area (Å²) in [5, 5.41) is 0. The summed E-state index contributed by atoms with van der Waals surface area (Å²) in [5.74, 6) is -1.26. The molecule has 2 bridgehead atoms. The molecule has 2 fully saturated rings. The molecule has 0 radical (unpaired) electrons. The van der Waals surface area contributed by atoms with E-state index in [1.807, 2.05) is 12.1 Å². The van der Waals surface area contributed by atoms with Crippen LogP contribution in [0.5, 0.6) is 0 Å². The van der Waals surface area contributed by atoms with Crippen LogP contribution in [0, 0.1) is 5.92 Å². The molecule has 0 aliphatic carbocycles. The van der Waals surface area contributed by atoms with Crippen molar-refractivity contribution in [1.82, 2.24) is 4.90 Å². The lowest BCUT2D eigenvalue weighted by Crippen LogP contribution is -2.54. The fraction of sp³-hybridized carbons (Fsp3) is 0.591. The highest BCUT2D eigenvalue weighted by Crippen LogP contribution is 2.48. The standard InChI is InChI=1S/C22H28FNO5/c1-22(2,3)29-21(27)24-16-8-9-18(24)19(20(26)28-11-10-23)17(12-16)15-6-4-14(13-25)5-7-15/h4-7,13,16-19H,8-12H2,1-3H3/t16-,17+,18+,19-/m0/s1. The maximum absolute atomic E-state index is 12.9. The molecule has 2 saturated heterocycles. The van der Waals surface area contributed by atoms with Gasteiger partial charge in [0.25, 0.3) is 0 Å². The summed E-state index contributed by atoms with van der Waals surface area (Å²) in [6.45, 7) is 4.37. The minimum absolute atomic E-state index is 0.0316. The van der Waals surface area contributed by atoms with E-state index < -0.39 is 30.3 Å². The van der Waals surface area contributed by atoms with Crippen LogP contribution in [0.1, 0.15) is 61.9 Å². The number of hydrogen-bond donors (Lipinski definition) is 0. The van der Waals surface area contributed by atoms with Crippen molar-refractivity contribution in [2.45, 2.75) is 63.6 Å². The number of aldehydes is 1. The average molecular weight is 405 g/mol. The predicted molar refractivity (Wildman–Crippen MR) is 104 cm³/mol. The fourth-order valence-corrected chi connectivity index (χ4v) is 4.53. The molecule has 2 aliphatic heterocycles. The molecule has 1 aromatic rings. The number of rotatable bonds is 5. The molecule has 6 nitrogen and oxygen atoms in total. The topological polar surface area (TPSA) is 72.9 Å². The molecule has 0 spiro atoms. The summed E-state index contributed by atoms with van der Waals surface area (Å²) in [6.07, 6.45) is 2.38. The second kappa shape index (κ2) is 8.51. The van der Waals surface area contributed by atoms with Gasteiger partial charge in [0.15, 0.2) is 0 Å². The van der Waals surface area contributed by atoms with Crippen molar-refractivity contribution < 1.29 is 28.2 Å². The first kappa shape index (κ1) is 21.3. The number of alkyl halides is 1. The quantitative estimate of drug-likeness (QED) is 0.549. The second-order valence-electron chi connectivity index (χ2n) is 8.70. The van der Waals surface area contributed by atoms with Crippen LogP contribution in [0.4, 0.5) is 9.18 Å². The Hall–Kier alpha value is -2.44. The number of hydrogen-bond acceptors (Lipinski definition) is 5. The Morgan fingerprint density at radius 1 is 1.21 bits per heavy atom. The number of nitrogens with zero attached hydrogens (tertiary/aromatic N) is 1. The molecule has 7 heteroatoms. The van der Waals surface area contributed by atoms with Crippen LogP contribution in [-0.4, -0.2) is 54.2 Å². The average Bonchev–Trinajstić information content (AvgIpc) is 2.98. The number of ether oxygens (including phenoxy) is 2. The third-order valence-electron chi connectivity index (χ3n) is 5.62. The molecule has 1 amide bonds. The van der Waals surface area contributed by atoms with Gasteiger partial charge >= 0.3 is 12.1 Å². The summed E-state index contributed by atoms with van der Waals surface area (Å²) >= 11 is 0. The normalized spacial score (nSPS) is 26.1. The van der Waals surface area contributed by atoms with E-state index in [4.69, 9.17) is 9.47 Å². The number of fused-ring (bicyclic) bond motifs is 2. The molecule has 0 unspecified atom stereocenters. The maximum atomic E-state index is 12.9. The number of esters is 1. The zero-order valence-electron chi connectivity index (χ0n) is 17.1. The first-order valence-corrected chi connectivity index (χ1v) is 10.0. The zero-order chi connectivity index (χ0) is 21.2. The number of carbonyl (C=O) groups excluding carboxylic acids is 3. The van der Waals surface area contributed by atoms with Crippen molar-refractivity contribution in [3.63, 3.8) is 0 Å². The molecule has 0 N–H and O–H groups in total. The van der Waals surface area contributed by atoms with Crippen LogP contribution >= 0.6 is 0 Å². The molecule has 2 aliphatic rings. The summed E-state index contributed by atoms with van der Waals surface area (Å²) in [6, 6.07) is 6.73. The van der Waals surface area contributed by atoms with Gasteiger partial charge < -0.3 is 14.4 Å². The van der Waals surface area contributed by atoms with E-state index in [1.165, 1.54) is 0 Å². The van der Waals surface area contributed by atoms with Gasteiger partial charge in [0.2, 0.25) is 0 Å². The van der Waals surface area contributed by atoms with Crippen molar-refractivity contribution in [1.29, 1.82) is 0 Å². The van der Waals surface area contributed by atoms with Gasteiger partial charge in [-0.3, -0.25) is 9.59 Å². The summed E-state index contributed by atoms with van der Waals surface area (Å²) in [4.78, 5) is 38.4. The number of amides is 1. The lowest BCUT2D eigenvalue weighted by atomic mass is 9.76. The molecule has 1 aromatic carbocycles. The molecular formula is C22H28FNO5. The van der Waals surface area contributed by atoms with E-state index in [0.717, 1.165) is 18.3 Å². The van der Waals surface area contributed by atoms with E-state index >= 15 is 0 Å². The van der Waals surface area contributed by atoms with Crippen molar-refractivity contribution in [2.24, 2.45) is 5.92 Å². The van der Waals surface area contributed by atoms with Gasteiger partial charge in [0.1, 0.15) is 25.2 Å². The highest BCUT2D eigenvalue weighted by Gasteiger charge is 2.53. The Bertz CT molecular complexity index is 757. The van der Waals surface area contributed by atoms with Crippen molar-refractivity contribution in [3.05, 3.63) is 35.4 Å². The van der Waals surface area contributed by atoms with Crippen LogP contribution in [0.3, 0.4) is 0 Å². The molecule has 0 saturated carbocycles. The van der Waals surface area contributed by atoms with Gasteiger partial charge in [-0.15, -0.1) is 0 Å². The molecule has 0 aromatic heterocycles. The third kappa shape index (κ3) is 4.60. The van der Waals surface area contributed by atoms with Gasteiger partial charge in [0, 0.05) is 23.6 Å². The van der Waals surface area contributed by atoms with Crippen LogP contribution in [0.15, 0.2) is 24.3 Å². The zero-order valence-corrected chi connectivity index (χ0v) is 17.1. The Kier molecular flexibility index (Phi) is 6.24. The first-order chi connectivity index (χ1) is 13.7. The third-order valence-corrected chi connectivity index (χ3v) is 5.62. The molecule has 4 atom stereocenters. The van der Waals surface area contributed by atoms with Crippen molar-refractivity contribution >= 4 is 18.3 Å². The van der Waals surface area contributed by atoms with Gasteiger partial charge in [-0.2, -0.15) is 0 Å². The highest BCUT2D eigenvalue weighted by molar-refractivity contribution is 5.78. The van der Waals surface area contributed by atoms with Crippen LogP contribution < -0.4 is 0 Å². The molecule has 3 rings (SSSR count). The SMILES string of the molecule is CC(C)(C)OC(=O)N1[C@H]2CC[C@@H]1[C@@H](C(=O)OCCF)[C@@H](c1ccc(C=O)cc1)C2. The van der Waals surface area contributed by atoms with E-state index in [9.17, 15) is 18.8 Å². The lowest BCUT2D eigenvalue weighted by Gasteiger charge is -2.43. The Morgan fingerprint density at radius 2 is 1.90 bits per heavy atom. The Morgan fingerprint density at radius 3 is 2.48 bits per heavy atom. The smallest absolute Gasteiger partial charge is 0.410 e. The summed E-state index contributed by atoms with van der Waals surface area (Å²) in [5.41, 5.74) is 0.834. The van der Waals surface area contributed by atoms with Gasteiger partial charge in [0.05, 0.1) is 5.92 Å². The van der Waals surface area contributed by atoms with Gasteiger partial charge in [-0.25, -0.2) is 9.18 Å². The van der Waals surface area contributed by atoms with Crippen LogP contribution in [-0.2, 0) is 14.3 Å². The van der Waals surface area contributed by atoms with Crippen molar-refractivity contribution in [3.8, 4) is 0 Å². The summed E-state index contributed by atoms with van der Waals surface area (Å²) < 4.78 is 23.3. The second-order valence-corrected chi connectivity index (χ2v) is 8.70. The van der Waals surface area contributed by atoms with Crippen molar-refractivity contribution in [2.75, 3.05) is 13.3 Å². The maximum Gasteiger partial charge on any atom is 0.410 e. The van der Waals surface area contributed by atoms with Crippen LogP contribution in [0.25, 0.3) is 0 Å². The minimum atomic E-state index is -0.750. The lowest BCUT2D eigenvalue weighted by molar-refractivity contribution is -0.153. The summed E-state index contributed by atoms with van der Waals surface area (Å²) in [7, 11) is 0. The van der Waals surface area contributed by atoms with Crippen LogP contribution in [0.2, 0.25) is 0 Å². The predicted octanol–water partition coefficient (Wildman–Crippen LogP) is 3.88. The number of benzene rings is 1.